The lowest BCUT2D eigenvalue weighted by molar-refractivity contribution is -0.161. The van der Waals surface area contributed by atoms with E-state index >= 15 is 0 Å². The molecule has 3 fully saturated rings. The summed E-state index contributed by atoms with van der Waals surface area (Å²) in [4.78, 5) is 49.8. The van der Waals surface area contributed by atoms with Crippen molar-refractivity contribution in [3.63, 3.8) is 0 Å². The van der Waals surface area contributed by atoms with Crippen molar-refractivity contribution in [3.8, 4) is 0 Å². The second-order valence-corrected chi connectivity index (χ2v) is 24.0. The minimum Gasteiger partial charge on any atom is -0.462 e. The summed E-state index contributed by atoms with van der Waals surface area (Å²) in [5.41, 5.74) is 1.12. The van der Waals surface area contributed by atoms with Crippen LogP contribution in [0, 0.1) is 28.6 Å². The first-order valence-corrected chi connectivity index (χ1v) is 30.6. The third-order valence-corrected chi connectivity index (χ3v) is 18.2. The molecule has 9 nitrogen and oxygen atoms in total. The summed E-state index contributed by atoms with van der Waals surface area (Å²) >= 11 is 0. The van der Waals surface area contributed by atoms with Crippen LogP contribution >= 0.6 is 7.82 Å². The number of hydrogen-bond acceptors (Lipinski definition) is 8. The van der Waals surface area contributed by atoms with Gasteiger partial charge in [-0.1, -0.05) is 219 Å². The molecule has 4 aliphatic carbocycles. The summed E-state index contributed by atoms with van der Waals surface area (Å²) in [5.74, 6) is 1.14. The minimum absolute atomic E-state index is 0.00167. The molecular weight excluding hydrogens is 872 g/mol. The molecular formula is C58H103O9P. The van der Waals surface area contributed by atoms with Crippen LogP contribution in [0.25, 0.3) is 0 Å². The van der Waals surface area contributed by atoms with E-state index < -0.39 is 32.6 Å². The molecule has 0 amide bonds. The van der Waals surface area contributed by atoms with E-state index in [0.717, 1.165) is 64.2 Å². The van der Waals surface area contributed by atoms with Gasteiger partial charge in [0.25, 0.3) is 0 Å². The van der Waals surface area contributed by atoms with Crippen molar-refractivity contribution in [2.75, 3.05) is 13.2 Å². The number of rotatable bonds is 40. The van der Waals surface area contributed by atoms with Gasteiger partial charge in [0.2, 0.25) is 0 Å². The first kappa shape index (κ1) is 59.0. The van der Waals surface area contributed by atoms with Crippen LogP contribution in [-0.2, 0) is 37.5 Å². The first-order valence-electron chi connectivity index (χ1n) is 29.2. The standard InChI is InChI=1S/C58H103O9P/c1-5-7-9-11-13-15-17-19-21-23-25-27-29-31-33-35-55(60)64-46-50(66-56(61)36-34-32-30-28-26-24-22-20-18-16-14-12-10-8-6-2)47-65-68(62,63)67-49-41-43-57(3)48(45-49)37-38-51-52-39-40-54(59)58(52,4)44-42-53(51)57/h37,49-53H,5-36,38-47H2,1-4H3,(H,62,63)/t49-,50-,51-,52-,53-,57-,58-/m0/s1. The summed E-state index contributed by atoms with van der Waals surface area (Å²) in [6.45, 7) is 8.46. The van der Waals surface area contributed by atoms with Crippen LogP contribution in [-0.4, -0.2) is 48.0 Å². The molecule has 10 heteroatoms. The Kier molecular flexibility index (Phi) is 28.9. The molecule has 394 valence electrons. The van der Waals surface area contributed by atoms with Gasteiger partial charge in [-0.2, -0.15) is 0 Å². The van der Waals surface area contributed by atoms with E-state index in [0.29, 0.717) is 49.2 Å². The molecule has 0 aliphatic heterocycles. The molecule has 8 atom stereocenters. The molecule has 0 aromatic heterocycles. The lowest BCUT2D eigenvalue weighted by Crippen LogP contribution is -2.50. The number of unbranched alkanes of at least 4 members (excludes halogenated alkanes) is 28. The smallest absolute Gasteiger partial charge is 0.462 e. The van der Waals surface area contributed by atoms with Gasteiger partial charge in [0.15, 0.2) is 6.10 Å². The van der Waals surface area contributed by atoms with Crippen molar-refractivity contribution in [3.05, 3.63) is 11.6 Å². The number of phosphoric acid groups is 1. The molecule has 0 bridgehead atoms. The number of carbonyl (C=O) groups excluding carboxylic acids is 3. The number of Topliss-reactive ketones (excluding diaryl/α,β-unsaturated/α-hetero) is 1. The van der Waals surface area contributed by atoms with Crippen LogP contribution < -0.4 is 0 Å². The number of allylic oxidation sites excluding steroid dienone is 1. The third-order valence-electron chi connectivity index (χ3n) is 17.2. The number of ketones is 1. The predicted molar refractivity (Wildman–Crippen MR) is 277 cm³/mol. The number of fused-ring (bicyclic) bond motifs is 5. The van der Waals surface area contributed by atoms with Gasteiger partial charge in [-0.15, -0.1) is 0 Å². The fourth-order valence-corrected chi connectivity index (χ4v) is 13.8. The Bertz CT molecular complexity index is 1500. The zero-order valence-electron chi connectivity index (χ0n) is 44.3. The molecule has 0 aromatic carbocycles. The molecule has 3 saturated carbocycles. The van der Waals surface area contributed by atoms with Gasteiger partial charge in [-0.25, -0.2) is 4.57 Å². The van der Waals surface area contributed by atoms with Crippen LogP contribution in [0.15, 0.2) is 11.6 Å². The minimum atomic E-state index is -4.53. The molecule has 4 rings (SSSR count). The molecule has 1 N–H and O–H groups in total. The molecule has 0 radical (unpaired) electrons. The summed E-state index contributed by atoms with van der Waals surface area (Å²) in [5, 5.41) is 0. The second kappa shape index (κ2) is 33.2. The number of phosphoric ester groups is 1. The SMILES string of the molecule is CCCCCCCCCCCCCCCCCC(=O)OC[C@@H](COP(=O)(O)O[C@H]1CC[C@@]2(C)C(=CC[C@@H]3[C@@H]2CC[C@]2(C)C(=O)CC[C@@H]32)C1)OC(=O)CCCCCCCCCCCCCCCCC. The van der Waals surface area contributed by atoms with E-state index in [9.17, 15) is 23.8 Å². The van der Waals surface area contributed by atoms with Crippen LogP contribution in [0.4, 0.5) is 0 Å². The van der Waals surface area contributed by atoms with Gasteiger partial charge in [0.1, 0.15) is 12.4 Å². The largest absolute Gasteiger partial charge is 0.472 e. The lowest BCUT2D eigenvalue weighted by Gasteiger charge is -2.57. The van der Waals surface area contributed by atoms with Gasteiger partial charge in [0, 0.05) is 24.7 Å². The average Bonchev–Trinajstić information content (AvgIpc) is 3.63. The van der Waals surface area contributed by atoms with Gasteiger partial charge >= 0.3 is 19.8 Å². The highest BCUT2D eigenvalue weighted by Gasteiger charge is 2.58. The summed E-state index contributed by atoms with van der Waals surface area (Å²) < 4.78 is 36.2. The van der Waals surface area contributed by atoms with Crippen LogP contribution in [0.1, 0.15) is 285 Å². The molecule has 0 aromatic rings. The van der Waals surface area contributed by atoms with E-state index in [1.54, 1.807) is 0 Å². The summed E-state index contributed by atoms with van der Waals surface area (Å²) in [6.07, 6.45) is 45.5. The van der Waals surface area contributed by atoms with Crippen molar-refractivity contribution in [2.24, 2.45) is 28.6 Å². The number of carbonyl (C=O) groups is 3. The number of hydrogen-bond donors (Lipinski definition) is 1. The maximum absolute atomic E-state index is 13.5. The topological polar surface area (TPSA) is 125 Å². The monoisotopic (exact) mass is 975 g/mol. The van der Waals surface area contributed by atoms with Gasteiger partial charge in [-0.05, 0) is 81.0 Å². The Labute approximate surface area is 416 Å². The molecule has 0 heterocycles. The Balaban J connectivity index is 1.15. The number of ether oxygens (including phenoxy) is 2. The van der Waals surface area contributed by atoms with E-state index in [1.807, 2.05) is 0 Å². The predicted octanol–water partition coefficient (Wildman–Crippen LogP) is 17.0. The zero-order valence-corrected chi connectivity index (χ0v) is 45.2. The molecule has 4 aliphatic rings. The summed E-state index contributed by atoms with van der Waals surface area (Å²) in [6, 6.07) is 0. The fraction of sp³-hybridized carbons (Fsp3) is 0.914. The zero-order chi connectivity index (χ0) is 48.9. The highest BCUT2D eigenvalue weighted by molar-refractivity contribution is 7.47. The third kappa shape index (κ3) is 21.3. The Morgan fingerprint density at radius 1 is 0.618 bits per heavy atom. The maximum atomic E-state index is 13.5. The van der Waals surface area contributed by atoms with Crippen molar-refractivity contribution in [1.82, 2.24) is 0 Å². The van der Waals surface area contributed by atoms with Crippen LogP contribution in [0.3, 0.4) is 0 Å². The van der Waals surface area contributed by atoms with E-state index in [1.165, 1.54) is 160 Å². The first-order chi connectivity index (χ1) is 32.9. The normalized spacial score (nSPS) is 25.8. The number of esters is 2. The average molecular weight is 975 g/mol. The summed E-state index contributed by atoms with van der Waals surface area (Å²) in [7, 11) is -4.53. The van der Waals surface area contributed by atoms with Crippen molar-refractivity contribution < 1.29 is 42.4 Å². The lowest BCUT2D eigenvalue weighted by atomic mass is 9.48. The van der Waals surface area contributed by atoms with E-state index in [4.69, 9.17) is 18.5 Å². The van der Waals surface area contributed by atoms with E-state index in [-0.39, 0.29) is 36.2 Å². The Hall–Kier alpha value is -1.54. The highest BCUT2D eigenvalue weighted by Crippen LogP contribution is 2.64. The van der Waals surface area contributed by atoms with Crippen LogP contribution in [0.2, 0.25) is 0 Å². The van der Waals surface area contributed by atoms with Crippen molar-refractivity contribution in [2.45, 2.75) is 297 Å². The Morgan fingerprint density at radius 3 is 1.56 bits per heavy atom. The quantitative estimate of drug-likeness (QED) is 0.0276. The van der Waals surface area contributed by atoms with Gasteiger partial charge in [0.05, 0.1) is 12.7 Å². The van der Waals surface area contributed by atoms with Gasteiger partial charge < -0.3 is 14.4 Å². The highest BCUT2D eigenvalue weighted by atomic mass is 31.2. The van der Waals surface area contributed by atoms with Gasteiger partial charge in [-0.3, -0.25) is 23.4 Å². The second-order valence-electron chi connectivity index (χ2n) is 22.6. The maximum Gasteiger partial charge on any atom is 0.472 e. The molecule has 1 unspecified atom stereocenters. The Morgan fingerprint density at radius 2 is 1.06 bits per heavy atom. The fourth-order valence-electron chi connectivity index (χ4n) is 12.8. The molecule has 0 spiro atoms. The van der Waals surface area contributed by atoms with Crippen molar-refractivity contribution in [1.29, 1.82) is 0 Å². The molecule has 68 heavy (non-hydrogen) atoms. The van der Waals surface area contributed by atoms with Crippen LogP contribution in [0.5, 0.6) is 0 Å². The van der Waals surface area contributed by atoms with Crippen molar-refractivity contribution >= 4 is 25.5 Å². The molecule has 0 saturated heterocycles. The van der Waals surface area contributed by atoms with E-state index in [2.05, 4.69) is 33.8 Å².